The average Bonchev–Trinajstić information content (AvgIpc) is 2.70. The third-order valence-electron chi connectivity index (χ3n) is 2.87. The van der Waals surface area contributed by atoms with Gasteiger partial charge in [-0.25, -0.2) is 15.0 Å². The molecule has 0 aliphatic rings. The summed E-state index contributed by atoms with van der Waals surface area (Å²) < 4.78 is 1.35. The molecular formula is C14H14ClN4O2-. The van der Waals surface area contributed by atoms with Gasteiger partial charge >= 0.3 is 0 Å². The van der Waals surface area contributed by atoms with E-state index in [4.69, 9.17) is 16.4 Å². The lowest BCUT2D eigenvalue weighted by Crippen LogP contribution is -2.36. The van der Waals surface area contributed by atoms with E-state index in [1.165, 1.54) is 4.68 Å². The molecule has 3 aromatic heterocycles. The number of pyridine rings is 2. The van der Waals surface area contributed by atoms with Crippen molar-refractivity contribution in [2.24, 2.45) is 0 Å². The maximum atomic E-state index is 12.4. The van der Waals surface area contributed by atoms with Gasteiger partial charge in [-0.05, 0) is 39.0 Å². The molecule has 0 bridgehead atoms. The van der Waals surface area contributed by atoms with Crippen molar-refractivity contribution in [2.75, 3.05) is 5.34 Å². The number of hydrogen-bond donors (Lipinski definition) is 0. The number of fused-ring (bicyclic) bond motifs is 3. The summed E-state index contributed by atoms with van der Waals surface area (Å²) in [4.78, 5) is 13.7. The van der Waals surface area contributed by atoms with Gasteiger partial charge in [0, 0.05) is 23.2 Å². The molecule has 6 nitrogen and oxygen atoms in total. The SMILES string of the molecule is CC(C)(C)ON([O-])n1c2ccncc2c2ccc(Cl)nc21. The Morgan fingerprint density at radius 3 is 2.71 bits per heavy atom. The summed E-state index contributed by atoms with van der Waals surface area (Å²) in [6.45, 7) is 5.40. The number of hydrogen-bond acceptors (Lipinski definition) is 5. The molecule has 0 spiro atoms. The van der Waals surface area contributed by atoms with Gasteiger partial charge in [-0.15, -0.1) is 0 Å². The molecule has 0 atom stereocenters. The van der Waals surface area contributed by atoms with Crippen LogP contribution in [0.15, 0.2) is 30.6 Å². The number of halogens is 1. The Labute approximate surface area is 126 Å². The molecule has 0 amide bonds. The van der Waals surface area contributed by atoms with Gasteiger partial charge in [-0.2, -0.15) is 0 Å². The topological polar surface area (TPSA) is 66.2 Å². The summed E-state index contributed by atoms with van der Waals surface area (Å²) in [5, 5.41) is 14.8. The second-order valence-corrected chi connectivity index (χ2v) is 6.04. The van der Waals surface area contributed by atoms with E-state index in [1.54, 1.807) is 45.3 Å². The van der Waals surface area contributed by atoms with Crippen LogP contribution in [0.3, 0.4) is 0 Å². The second kappa shape index (κ2) is 4.84. The average molecular weight is 306 g/mol. The van der Waals surface area contributed by atoms with E-state index in [0.717, 1.165) is 10.8 Å². The first kappa shape index (κ1) is 14.1. The van der Waals surface area contributed by atoms with Gasteiger partial charge in [0.1, 0.15) is 5.15 Å². The Kier molecular flexibility index (Phi) is 3.24. The number of nitrogens with zero attached hydrogens (tertiary/aromatic N) is 4. The van der Waals surface area contributed by atoms with Gasteiger partial charge in [0.25, 0.3) is 0 Å². The van der Waals surface area contributed by atoms with E-state index in [2.05, 4.69) is 9.97 Å². The molecule has 0 aromatic carbocycles. The van der Waals surface area contributed by atoms with Crippen molar-refractivity contribution in [3.05, 3.63) is 41.0 Å². The van der Waals surface area contributed by atoms with Crippen LogP contribution in [-0.2, 0) is 4.84 Å². The zero-order chi connectivity index (χ0) is 15.2. The lowest BCUT2D eigenvalue weighted by Gasteiger charge is -2.36. The molecule has 3 aromatic rings. The van der Waals surface area contributed by atoms with E-state index in [1.807, 2.05) is 6.07 Å². The fourth-order valence-corrected chi connectivity index (χ4v) is 2.27. The molecule has 110 valence electrons. The summed E-state index contributed by atoms with van der Waals surface area (Å²) >= 11 is 5.95. The molecule has 21 heavy (non-hydrogen) atoms. The summed E-state index contributed by atoms with van der Waals surface area (Å²) in [5.74, 6) is 0. The monoisotopic (exact) mass is 305 g/mol. The first-order chi connectivity index (χ1) is 9.87. The van der Waals surface area contributed by atoms with Gasteiger partial charge in [0.2, 0.25) is 0 Å². The van der Waals surface area contributed by atoms with Gasteiger partial charge in [-0.1, -0.05) is 11.6 Å². The van der Waals surface area contributed by atoms with Crippen LogP contribution < -0.4 is 5.34 Å². The van der Waals surface area contributed by atoms with Gasteiger partial charge in [0.15, 0.2) is 5.65 Å². The molecule has 3 rings (SSSR count). The molecule has 0 saturated heterocycles. The first-order valence-electron chi connectivity index (χ1n) is 6.44. The zero-order valence-electron chi connectivity index (χ0n) is 11.9. The van der Waals surface area contributed by atoms with Crippen LogP contribution >= 0.6 is 11.6 Å². The summed E-state index contributed by atoms with van der Waals surface area (Å²) in [7, 11) is 0. The smallest absolute Gasteiger partial charge is 0.162 e. The highest BCUT2D eigenvalue weighted by Crippen LogP contribution is 2.29. The van der Waals surface area contributed by atoms with Crippen LogP contribution in [0.1, 0.15) is 20.8 Å². The van der Waals surface area contributed by atoms with Gasteiger partial charge in [-0.3, -0.25) is 9.82 Å². The van der Waals surface area contributed by atoms with E-state index in [0.29, 0.717) is 21.7 Å². The largest absolute Gasteiger partial charge is 0.717 e. The van der Waals surface area contributed by atoms with E-state index >= 15 is 0 Å². The van der Waals surface area contributed by atoms with Crippen molar-refractivity contribution in [3.63, 3.8) is 0 Å². The third-order valence-corrected chi connectivity index (χ3v) is 3.08. The minimum Gasteiger partial charge on any atom is -0.717 e. The maximum Gasteiger partial charge on any atom is 0.162 e. The molecule has 7 heteroatoms. The zero-order valence-corrected chi connectivity index (χ0v) is 12.6. The van der Waals surface area contributed by atoms with E-state index in [9.17, 15) is 5.21 Å². The Hall–Kier alpha value is -1.89. The van der Waals surface area contributed by atoms with E-state index < -0.39 is 5.60 Å². The Bertz CT molecular complexity index is 810. The van der Waals surface area contributed by atoms with E-state index in [-0.39, 0.29) is 0 Å². The molecule has 3 heterocycles. The van der Waals surface area contributed by atoms with Crippen molar-refractivity contribution in [2.45, 2.75) is 26.4 Å². The summed E-state index contributed by atoms with van der Waals surface area (Å²) in [6, 6.07) is 5.23. The maximum absolute atomic E-state index is 12.4. The van der Waals surface area contributed by atoms with Crippen molar-refractivity contribution >= 4 is 33.5 Å². The van der Waals surface area contributed by atoms with Crippen molar-refractivity contribution in [3.8, 4) is 0 Å². The Morgan fingerprint density at radius 2 is 2.00 bits per heavy atom. The molecule has 0 aliphatic carbocycles. The highest BCUT2D eigenvalue weighted by Gasteiger charge is 2.18. The van der Waals surface area contributed by atoms with Crippen LogP contribution in [0, 0.1) is 5.21 Å². The lowest BCUT2D eigenvalue weighted by atomic mass is 10.2. The number of rotatable bonds is 2. The molecular weight excluding hydrogens is 292 g/mol. The number of aromatic nitrogens is 3. The lowest BCUT2D eigenvalue weighted by molar-refractivity contribution is -0.0351. The first-order valence-corrected chi connectivity index (χ1v) is 6.82. The second-order valence-electron chi connectivity index (χ2n) is 5.65. The molecule has 0 N–H and O–H groups in total. The van der Waals surface area contributed by atoms with Crippen LogP contribution in [0.2, 0.25) is 5.15 Å². The van der Waals surface area contributed by atoms with Gasteiger partial charge < -0.3 is 5.21 Å². The molecule has 0 aliphatic heterocycles. The molecule has 0 fully saturated rings. The van der Waals surface area contributed by atoms with Crippen molar-refractivity contribution < 1.29 is 4.84 Å². The molecule has 0 radical (unpaired) electrons. The standard InChI is InChI=1S/C14H14ClN4O2/c1-14(2,3)21-19(20)18-11-6-7-16-8-10(11)9-4-5-12(15)17-13(9)18/h4-8H,1-3H3/q-1. The van der Waals surface area contributed by atoms with Crippen LogP contribution in [0.25, 0.3) is 21.9 Å². The van der Waals surface area contributed by atoms with Crippen molar-refractivity contribution in [1.82, 2.24) is 14.6 Å². The normalized spacial score (nSPS) is 12.2. The minimum atomic E-state index is -0.629. The highest BCUT2D eigenvalue weighted by atomic mass is 35.5. The Balaban J connectivity index is 2.29. The van der Waals surface area contributed by atoms with Crippen LogP contribution in [-0.4, -0.2) is 20.2 Å². The third kappa shape index (κ3) is 2.53. The van der Waals surface area contributed by atoms with Crippen LogP contribution in [0.4, 0.5) is 0 Å². The quantitative estimate of drug-likeness (QED) is 0.536. The minimum absolute atomic E-state index is 0.309. The van der Waals surface area contributed by atoms with Crippen LogP contribution in [0.5, 0.6) is 0 Å². The predicted octanol–water partition coefficient (Wildman–Crippen LogP) is 3.40. The highest BCUT2D eigenvalue weighted by molar-refractivity contribution is 6.30. The molecule has 0 saturated carbocycles. The fourth-order valence-electron chi connectivity index (χ4n) is 2.13. The van der Waals surface area contributed by atoms with Crippen molar-refractivity contribution in [1.29, 1.82) is 0 Å². The fraction of sp³-hybridized carbons (Fsp3) is 0.286. The van der Waals surface area contributed by atoms with Gasteiger partial charge in [0.05, 0.1) is 11.1 Å². The summed E-state index contributed by atoms with van der Waals surface area (Å²) in [5.41, 5.74) is 0.467. The Morgan fingerprint density at radius 1 is 1.24 bits per heavy atom. The molecule has 0 unspecified atom stereocenters. The summed E-state index contributed by atoms with van der Waals surface area (Å²) in [6.07, 6.45) is 3.30. The predicted molar refractivity (Wildman–Crippen MR) is 82.5 cm³/mol.